The van der Waals surface area contributed by atoms with Gasteiger partial charge in [-0.3, -0.25) is 0 Å². The number of benzene rings is 2. The van der Waals surface area contributed by atoms with Gasteiger partial charge in [-0.1, -0.05) is 56.1 Å². The zero-order chi connectivity index (χ0) is 14.5. The molecule has 0 aliphatic rings. The number of ether oxygens (including phenoxy) is 1. The molecule has 2 aromatic carbocycles. The number of halogens is 2. The standard InChI is InChI=1S/C16H17Br2NO/c1-11(19)16(13-3-2-4-15(18)9-13)20-10-12-5-7-14(17)8-6-12/h2-9,11,16H,10,19H2,1H3. The molecule has 4 heteroatoms. The summed E-state index contributed by atoms with van der Waals surface area (Å²) in [5, 5.41) is 0. The van der Waals surface area contributed by atoms with Crippen LogP contribution in [0.3, 0.4) is 0 Å². The van der Waals surface area contributed by atoms with E-state index >= 15 is 0 Å². The van der Waals surface area contributed by atoms with Gasteiger partial charge in [0.1, 0.15) is 0 Å². The van der Waals surface area contributed by atoms with E-state index in [0.717, 1.165) is 20.1 Å². The molecule has 0 aromatic heterocycles. The van der Waals surface area contributed by atoms with E-state index in [9.17, 15) is 0 Å². The van der Waals surface area contributed by atoms with Gasteiger partial charge in [-0.25, -0.2) is 0 Å². The van der Waals surface area contributed by atoms with E-state index in [2.05, 4.69) is 37.9 Å². The quantitative estimate of drug-likeness (QED) is 0.783. The van der Waals surface area contributed by atoms with E-state index < -0.39 is 0 Å². The van der Waals surface area contributed by atoms with Gasteiger partial charge in [0.05, 0.1) is 12.7 Å². The zero-order valence-corrected chi connectivity index (χ0v) is 14.4. The van der Waals surface area contributed by atoms with E-state index in [1.165, 1.54) is 0 Å². The molecule has 2 aromatic rings. The second-order valence-corrected chi connectivity index (χ2v) is 6.60. The Morgan fingerprint density at radius 1 is 1.05 bits per heavy atom. The predicted octanol–water partition coefficient (Wildman–Crippen LogP) is 4.82. The molecular weight excluding hydrogens is 382 g/mol. The van der Waals surface area contributed by atoms with Crippen molar-refractivity contribution in [2.24, 2.45) is 5.73 Å². The van der Waals surface area contributed by atoms with Gasteiger partial charge >= 0.3 is 0 Å². The van der Waals surface area contributed by atoms with E-state index in [-0.39, 0.29) is 12.1 Å². The van der Waals surface area contributed by atoms with E-state index in [1.54, 1.807) is 0 Å². The number of hydrogen-bond acceptors (Lipinski definition) is 2. The number of hydrogen-bond donors (Lipinski definition) is 1. The third-order valence-corrected chi connectivity index (χ3v) is 4.02. The zero-order valence-electron chi connectivity index (χ0n) is 11.2. The largest absolute Gasteiger partial charge is 0.367 e. The lowest BCUT2D eigenvalue weighted by molar-refractivity contribution is 0.0258. The van der Waals surface area contributed by atoms with Crippen molar-refractivity contribution in [3.63, 3.8) is 0 Å². The molecule has 2 N–H and O–H groups in total. The Balaban J connectivity index is 2.08. The molecule has 0 fully saturated rings. The minimum atomic E-state index is -0.115. The highest BCUT2D eigenvalue weighted by Crippen LogP contribution is 2.25. The maximum absolute atomic E-state index is 6.06. The first-order valence-electron chi connectivity index (χ1n) is 6.43. The second kappa shape index (κ2) is 7.36. The molecule has 0 spiro atoms. The van der Waals surface area contributed by atoms with Crippen molar-refractivity contribution >= 4 is 31.9 Å². The molecule has 0 heterocycles. The lowest BCUT2D eigenvalue weighted by Gasteiger charge is -2.22. The minimum absolute atomic E-state index is 0.0697. The molecule has 0 bridgehead atoms. The fourth-order valence-corrected chi connectivity index (χ4v) is 2.68. The Kier molecular flexibility index (Phi) is 5.78. The second-order valence-electron chi connectivity index (χ2n) is 4.77. The van der Waals surface area contributed by atoms with Crippen LogP contribution in [-0.2, 0) is 11.3 Å². The summed E-state index contributed by atoms with van der Waals surface area (Å²) in [5.41, 5.74) is 8.28. The van der Waals surface area contributed by atoms with Crippen LogP contribution >= 0.6 is 31.9 Å². The molecule has 0 radical (unpaired) electrons. The monoisotopic (exact) mass is 397 g/mol. The van der Waals surface area contributed by atoms with Crippen LogP contribution in [0.1, 0.15) is 24.2 Å². The van der Waals surface area contributed by atoms with Crippen LogP contribution in [0.2, 0.25) is 0 Å². The summed E-state index contributed by atoms with van der Waals surface area (Å²) in [4.78, 5) is 0. The maximum atomic E-state index is 6.06. The summed E-state index contributed by atoms with van der Waals surface area (Å²) in [6.07, 6.45) is -0.115. The topological polar surface area (TPSA) is 35.2 Å². The number of rotatable bonds is 5. The smallest absolute Gasteiger partial charge is 0.0977 e. The highest BCUT2D eigenvalue weighted by atomic mass is 79.9. The van der Waals surface area contributed by atoms with Crippen molar-refractivity contribution in [2.75, 3.05) is 0 Å². The Morgan fingerprint density at radius 3 is 2.35 bits per heavy atom. The Hall–Kier alpha value is -0.680. The van der Waals surface area contributed by atoms with Crippen molar-refractivity contribution in [2.45, 2.75) is 25.7 Å². The SMILES string of the molecule is CC(N)C(OCc1ccc(Br)cc1)c1cccc(Br)c1. The maximum Gasteiger partial charge on any atom is 0.0977 e. The molecule has 0 saturated carbocycles. The summed E-state index contributed by atoms with van der Waals surface area (Å²) in [6.45, 7) is 2.51. The van der Waals surface area contributed by atoms with Crippen molar-refractivity contribution in [1.29, 1.82) is 0 Å². The van der Waals surface area contributed by atoms with Crippen molar-refractivity contribution in [3.8, 4) is 0 Å². The molecule has 106 valence electrons. The molecule has 0 saturated heterocycles. The average Bonchev–Trinajstić information content (AvgIpc) is 2.41. The summed E-state index contributed by atoms with van der Waals surface area (Å²) >= 11 is 6.91. The van der Waals surface area contributed by atoms with Crippen molar-refractivity contribution in [1.82, 2.24) is 0 Å². The van der Waals surface area contributed by atoms with Gasteiger partial charge in [0, 0.05) is 15.0 Å². The first kappa shape index (κ1) is 15.7. The van der Waals surface area contributed by atoms with E-state index in [4.69, 9.17) is 10.5 Å². The van der Waals surface area contributed by atoms with Crippen LogP contribution in [0.15, 0.2) is 57.5 Å². The lowest BCUT2D eigenvalue weighted by atomic mass is 10.0. The van der Waals surface area contributed by atoms with Gasteiger partial charge in [-0.05, 0) is 42.3 Å². The third kappa shape index (κ3) is 4.42. The molecule has 2 unspecified atom stereocenters. The highest BCUT2D eigenvalue weighted by Gasteiger charge is 2.17. The van der Waals surface area contributed by atoms with Crippen LogP contribution in [0.25, 0.3) is 0 Å². The van der Waals surface area contributed by atoms with Gasteiger partial charge in [0.25, 0.3) is 0 Å². The average molecular weight is 399 g/mol. The van der Waals surface area contributed by atoms with Crippen LogP contribution in [-0.4, -0.2) is 6.04 Å². The van der Waals surface area contributed by atoms with E-state index in [0.29, 0.717) is 6.61 Å². The lowest BCUT2D eigenvalue weighted by Crippen LogP contribution is -2.27. The van der Waals surface area contributed by atoms with Crippen LogP contribution in [0, 0.1) is 0 Å². The Bertz CT molecular complexity index is 555. The summed E-state index contributed by atoms with van der Waals surface area (Å²) in [5.74, 6) is 0. The number of nitrogens with two attached hydrogens (primary N) is 1. The fraction of sp³-hybridized carbons (Fsp3) is 0.250. The Morgan fingerprint density at radius 2 is 1.75 bits per heavy atom. The molecule has 2 nitrogen and oxygen atoms in total. The molecule has 2 rings (SSSR count). The normalized spacial score (nSPS) is 14.0. The molecule has 0 amide bonds. The first-order valence-corrected chi connectivity index (χ1v) is 8.02. The van der Waals surface area contributed by atoms with Crippen LogP contribution in [0.4, 0.5) is 0 Å². The van der Waals surface area contributed by atoms with Gasteiger partial charge in [-0.15, -0.1) is 0 Å². The summed E-state index contributed by atoms with van der Waals surface area (Å²) < 4.78 is 8.11. The van der Waals surface area contributed by atoms with Gasteiger partial charge in [-0.2, -0.15) is 0 Å². The molecule has 0 aliphatic heterocycles. The van der Waals surface area contributed by atoms with Crippen LogP contribution < -0.4 is 5.73 Å². The first-order chi connectivity index (χ1) is 9.56. The van der Waals surface area contributed by atoms with Crippen molar-refractivity contribution < 1.29 is 4.74 Å². The fourth-order valence-electron chi connectivity index (χ4n) is 2.00. The van der Waals surface area contributed by atoms with Gasteiger partial charge in [0.15, 0.2) is 0 Å². The van der Waals surface area contributed by atoms with E-state index in [1.807, 2.05) is 49.4 Å². The molecule has 20 heavy (non-hydrogen) atoms. The highest BCUT2D eigenvalue weighted by molar-refractivity contribution is 9.10. The molecule has 2 atom stereocenters. The van der Waals surface area contributed by atoms with Crippen molar-refractivity contribution in [3.05, 3.63) is 68.6 Å². The van der Waals surface area contributed by atoms with Crippen LogP contribution in [0.5, 0.6) is 0 Å². The minimum Gasteiger partial charge on any atom is -0.367 e. The van der Waals surface area contributed by atoms with Gasteiger partial charge in [0.2, 0.25) is 0 Å². The summed E-state index contributed by atoms with van der Waals surface area (Å²) in [6, 6.07) is 16.1. The third-order valence-electron chi connectivity index (χ3n) is 3.00. The molecule has 0 aliphatic carbocycles. The molecular formula is C16H17Br2NO. The summed E-state index contributed by atoms with van der Waals surface area (Å²) in [7, 11) is 0. The predicted molar refractivity (Wildman–Crippen MR) is 89.5 cm³/mol. The van der Waals surface area contributed by atoms with Gasteiger partial charge < -0.3 is 10.5 Å². The Labute approximate surface area is 136 Å².